The molecule has 1 aromatic heterocycles. The summed E-state index contributed by atoms with van der Waals surface area (Å²) in [4.78, 5) is 22.9. The van der Waals surface area contributed by atoms with Gasteiger partial charge < -0.3 is 15.5 Å². The van der Waals surface area contributed by atoms with E-state index in [4.69, 9.17) is 0 Å². The third-order valence-electron chi connectivity index (χ3n) is 4.51. The molecule has 0 radical (unpaired) electrons. The maximum atomic E-state index is 11.8. The molecule has 1 amide bonds. The Balaban J connectivity index is 0.00000338. The average Bonchev–Trinajstić information content (AvgIpc) is 3.21. The number of thiophene rings is 1. The lowest BCUT2D eigenvalue weighted by Crippen LogP contribution is -2.45. The largest absolute Gasteiger partial charge is 0.355 e. The molecule has 8 heteroatoms. The first-order chi connectivity index (χ1) is 12.0. The van der Waals surface area contributed by atoms with Crippen LogP contribution in [0.5, 0.6) is 0 Å². The number of rotatable bonds is 7. The Morgan fingerprint density at radius 3 is 2.77 bits per heavy atom. The molecule has 6 nitrogen and oxygen atoms in total. The van der Waals surface area contributed by atoms with Crippen LogP contribution in [0.2, 0.25) is 0 Å². The second kappa shape index (κ2) is 11.8. The van der Waals surface area contributed by atoms with Gasteiger partial charge >= 0.3 is 0 Å². The number of aliphatic imine (C=N–C) groups is 1. The van der Waals surface area contributed by atoms with Gasteiger partial charge in [-0.25, -0.2) is 4.99 Å². The highest BCUT2D eigenvalue weighted by atomic mass is 127. The molecule has 0 aliphatic carbocycles. The van der Waals surface area contributed by atoms with E-state index in [-0.39, 0.29) is 36.4 Å². The number of hydrogen-bond acceptors (Lipinski definition) is 4. The second-order valence-corrected chi connectivity index (χ2v) is 8.00. The van der Waals surface area contributed by atoms with Crippen LogP contribution in [-0.4, -0.2) is 68.0 Å². The van der Waals surface area contributed by atoms with Gasteiger partial charge in [0.05, 0.1) is 6.54 Å². The summed E-state index contributed by atoms with van der Waals surface area (Å²) in [6.07, 6.45) is 2.47. The number of carbonyl (C=O) groups excluding carboxylic acids is 1. The molecule has 0 saturated carbocycles. The van der Waals surface area contributed by atoms with Crippen LogP contribution in [0.25, 0.3) is 0 Å². The van der Waals surface area contributed by atoms with Crippen molar-refractivity contribution in [2.75, 3.05) is 40.3 Å². The zero-order chi connectivity index (χ0) is 18.2. The van der Waals surface area contributed by atoms with Crippen LogP contribution in [0, 0.1) is 6.92 Å². The van der Waals surface area contributed by atoms with E-state index in [1.165, 1.54) is 29.1 Å². The van der Waals surface area contributed by atoms with Gasteiger partial charge in [0.2, 0.25) is 5.91 Å². The van der Waals surface area contributed by atoms with E-state index in [2.05, 4.69) is 46.5 Å². The van der Waals surface area contributed by atoms with Crippen LogP contribution in [0.15, 0.2) is 17.1 Å². The van der Waals surface area contributed by atoms with Crippen molar-refractivity contribution in [3.63, 3.8) is 0 Å². The van der Waals surface area contributed by atoms with Crippen molar-refractivity contribution in [3.8, 4) is 0 Å². The first-order valence-electron chi connectivity index (χ1n) is 9.01. The van der Waals surface area contributed by atoms with Crippen LogP contribution in [0.1, 0.15) is 29.5 Å². The second-order valence-electron chi connectivity index (χ2n) is 6.62. The number of guanidine groups is 1. The number of carbonyl (C=O) groups is 1. The standard InChI is InChI=1S/C18H31N5OS.HI/c1-5-23-10-6-7-15(23)11-19-18(21-13-17(24)22(3)4)20-12-16-9-8-14(2)25-16;/h8-9,15H,5-7,10-13H2,1-4H3,(H2,19,20,21);1H. The molecule has 1 saturated heterocycles. The highest BCUT2D eigenvalue weighted by Gasteiger charge is 2.22. The van der Waals surface area contributed by atoms with Gasteiger partial charge in [0.1, 0.15) is 6.54 Å². The average molecular weight is 493 g/mol. The van der Waals surface area contributed by atoms with Crippen molar-refractivity contribution in [1.82, 2.24) is 20.4 Å². The predicted molar refractivity (Wildman–Crippen MR) is 121 cm³/mol. The Hall–Kier alpha value is -0.870. The summed E-state index contributed by atoms with van der Waals surface area (Å²) in [5.41, 5.74) is 0. The molecule has 2 rings (SSSR count). The molecular formula is C18H32IN5OS. The molecule has 1 aliphatic rings. The van der Waals surface area contributed by atoms with Gasteiger partial charge in [-0.1, -0.05) is 6.92 Å². The zero-order valence-corrected chi connectivity index (χ0v) is 19.4. The number of likely N-dealkylation sites (N-methyl/N-ethyl adjacent to an activating group) is 2. The van der Waals surface area contributed by atoms with Crippen molar-refractivity contribution in [2.24, 2.45) is 4.99 Å². The minimum Gasteiger partial charge on any atom is -0.355 e. The van der Waals surface area contributed by atoms with Crippen molar-refractivity contribution in [1.29, 1.82) is 0 Å². The molecule has 0 spiro atoms. The lowest BCUT2D eigenvalue weighted by molar-refractivity contribution is -0.127. The number of hydrogen-bond donors (Lipinski definition) is 2. The van der Waals surface area contributed by atoms with E-state index in [0.29, 0.717) is 12.0 Å². The van der Waals surface area contributed by atoms with Crippen LogP contribution < -0.4 is 10.6 Å². The number of halogens is 1. The first kappa shape index (κ1) is 23.2. The molecule has 0 aromatic carbocycles. The van der Waals surface area contributed by atoms with Crippen LogP contribution >= 0.6 is 35.3 Å². The SMILES string of the molecule is CCN1CCCC1CNC(=NCC(=O)N(C)C)NCc1ccc(C)s1.I. The third kappa shape index (κ3) is 7.40. The van der Waals surface area contributed by atoms with Crippen LogP contribution in [0.4, 0.5) is 0 Å². The fourth-order valence-corrected chi connectivity index (χ4v) is 3.80. The normalized spacial score (nSPS) is 17.7. The summed E-state index contributed by atoms with van der Waals surface area (Å²) in [6, 6.07) is 4.80. The quantitative estimate of drug-likeness (QED) is 0.348. The Bertz CT molecular complexity index is 590. The molecule has 1 atom stereocenters. The van der Waals surface area contributed by atoms with E-state index >= 15 is 0 Å². The number of nitrogens with zero attached hydrogens (tertiary/aromatic N) is 3. The molecule has 1 fully saturated rings. The fraction of sp³-hybridized carbons (Fsp3) is 0.667. The van der Waals surface area contributed by atoms with Crippen LogP contribution in [-0.2, 0) is 11.3 Å². The third-order valence-corrected chi connectivity index (χ3v) is 5.51. The summed E-state index contributed by atoms with van der Waals surface area (Å²) in [7, 11) is 3.51. The van der Waals surface area contributed by atoms with Gasteiger partial charge in [0, 0.05) is 36.4 Å². The highest BCUT2D eigenvalue weighted by Crippen LogP contribution is 2.16. The lowest BCUT2D eigenvalue weighted by atomic mass is 10.2. The predicted octanol–water partition coefficient (Wildman–Crippen LogP) is 2.28. The van der Waals surface area contributed by atoms with Gasteiger partial charge in [0.25, 0.3) is 0 Å². The molecule has 1 unspecified atom stereocenters. The van der Waals surface area contributed by atoms with Crippen molar-refractivity contribution in [2.45, 2.75) is 39.3 Å². The van der Waals surface area contributed by atoms with Gasteiger partial charge in [-0.05, 0) is 45.0 Å². The maximum Gasteiger partial charge on any atom is 0.243 e. The van der Waals surface area contributed by atoms with Crippen molar-refractivity contribution in [3.05, 3.63) is 21.9 Å². The summed E-state index contributed by atoms with van der Waals surface area (Å²) < 4.78 is 0. The Labute approximate surface area is 178 Å². The molecule has 148 valence electrons. The molecule has 2 N–H and O–H groups in total. The minimum atomic E-state index is 0. The molecule has 2 heterocycles. The smallest absolute Gasteiger partial charge is 0.243 e. The summed E-state index contributed by atoms with van der Waals surface area (Å²) in [6.45, 7) is 8.32. The van der Waals surface area contributed by atoms with Gasteiger partial charge in [-0.3, -0.25) is 9.69 Å². The summed E-state index contributed by atoms with van der Waals surface area (Å²) >= 11 is 1.78. The van der Waals surface area contributed by atoms with E-state index in [1.807, 2.05) is 0 Å². The number of likely N-dealkylation sites (tertiary alicyclic amines) is 1. The van der Waals surface area contributed by atoms with Crippen molar-refractivity contribution < 1.29 is 4.79 Å². The van der Waals surface area contributed by atoms with E-state index in [1.54, 1.807) is 30.3 Å². The van der Waals surface area contributed by atoms with Gasteiger partial charge in [-0.2, -0.15) is 0 Å². The van der Waals surface area contributed by atoms with Gasteiger partial charge in [0.15, 0.2) is 5.96 Å². The maximum absolute atomic E-state index is 11.8. The summed E-state index contributed by atoms with van der Waals surface area (Å²) in [5, 5.41) is 6.79. The Morgan fingerprint density at radius 2 is 2.15 bits per heavy atom. The Morgan fingerprint density at radius 1 is 1.38 bits per heavy atom. The van der Waals surface area contributed by atoms with E-state index in [0.717, 1.165) is 19.6 Å². The number of amides is 1. The monoisotopic (exact) mass is 493 g/mol. The number of aryl methyl sites for hydroxylation is 1. The van der Waals surface area contributed by atoms with E-state index in [9.17, 15) is 4.79 Å². The lowest BCUT2D eigenvalue weighted by Gasteiger charge is -2.24. The minimum absolute atomic E-state index is 0. The highest BCUT2D eigenvalue weighted by molar-refractivity contribution is 14.0. The fourth-order valence-electron chi connectivity index (χ4n) is 2.97. The molecular weight excluding hydrogens is 461 g/mol. The first-order valence-corrected chi connectivity index (χ1v) is 9.83. The molecule has 1 aliphatic heterocycles. The Kier molecular flexibility index (Phi) is 10.5. The van der Waals surface area contributed by atoms with Crippen LogP contribution in [0.3, 0.4) is 0 Å². The molecule has 0 bridgehead atoms. The van der Waals surface area contributed by atoms with Crippen molar-refractivity contribution >= 4 is 47.2 Å². The molecule has 26 heavy (non-hydrogen) atoms. The zero-order valence-electron chi connectivity index (χ0n) is 16.2. The number of nitrogens with one attached hydrogen (secondary N) is 2. The topological polar surface area (TPSA) is 60.0 Å². The molecule has 1 aromatic rings. The van der Waals surface area contributed by atoms with Gasteiger partial charge in [-0.15, -0.1) is 35.3 Å². The van der Waals surface area contributed by atoms with E-state index < -0.39 is 0 Å². The summed E-state index contributed by atoms with van der Waals surface area (Å²) in [5.74, 6) is 0.716.